The van der Waals surface area contributed by atoms with Gasteiger partial charge in [0.05, 0.1) is 29.3 Å². The number of likely N-dealkylation sites (tertiary alicyclic amines) is 1. The molecule has 2 unspecified atom stereocenters. The first-order valence-corrected chi connectivity index (χ1v) is 15.8. The molecule has 3 N–H and O–H groups in total. The van der Waals surface area contributed by atoms with Crippen LogP contribution in [0, 0.1) is 0 Å². The standard InChI is InChI=1S/C29H33N5O5S/c1-17-23-12-18(4-5-22(23)29(37)34(17)25-6-7-26(35)31-28(25)36)24-13-19(14-32-9-2-3-10-32)21-8-11-33(27(21)30-24)20-15-40(38,39)16-20/h4-5,8,11-13,17,20,25,38-39H,2-3,6-7,9-10,14-16H2,1H3,(H,31,35,36). The third-order valence-electron chi connectivity index (χ3n) is 8.90. The third-order valence-corrected chi connectivity index (χ3v) is 10.7. The molecule has 10 nitrogen and oxygen atoms in total. The second-order valence-corrected chi connectivity index (χ2v) is 13.8. The minimum absolute atomic E-state index is 0.00429. The Morgan fingerprint density at radius 3 is 2.58 bits per heavy atom. The van der Waals surface area contributed by atoms with E-state index in [2.05, 4.69) is 26.9 Å². The number of amides is 3. The van der Waals surface area contributed by atoms with Crippen LogP contribution in [-0.4, -0.2) is 76.8 Å². The molecule has 4 aliphatic heterocycles. The van der Waals surface area contributed by atoms with E-state index in [4.69, 9.17) is 4.98 Å². The number of rotatable bonds is 5. The molecule has 210 valence electrons. The van der Waals surface area contributed by atoms with Gasteiger partial charge in [-0.25, -0.2) is 4.98 Å². The normalized spacial score (nSPS) is 25.8. The molecular weight excluding hydrogens is 530 g/mol. The second kappa shape index (κ2) is 9.41. The molecule has 1 aromatic carbocycles. The molecular formula is C29H33N5O5S. The summed E-state index contributed by atoms with van der Waals surface area (Å²) in [7, 11) is -2.50. The molecule has 11 heteroatoms. The highest BCUT2D eigenvalue weighted by atomic mass is 32.3. The van der Waals surface area contributed by atoms with Crippen molar-refractivity contribution in [2.75, 3.05) is 24.6 Å². The molecule has 0 bridgehead atoms. The molecule has 0 aliphatic carbocycles. The van der Waals surface area contributed by atoms with Gasteiger partial charge >= 0.3 is 0 Å². The molecule has 3 aromatic rings. The number of hydrogen-bond acceptors (Lipinski definition) is 7. The van der Waals surface area contributed by atoms with Crippen molar-refractivity contribution >= 4 is 39.3 Å². The van der Waals surface area contributed by atoms with Gasteiger partial charge in [-0.05, 0) is 74.7 Å². The van der Waals surface area contributed by atoms with Gasteiger partial charge < -0.3 is 9.47 Å². The molecule has 2 aromatic heterocycles. The van der Waals surface area contributed by atoms with Gasteiger partial charge in [0.2, 0.25) is 11.8 Å². The van der Waals surface area contributed by atoms with E-state index < -0.39 is 22.5 Å². The number of carbonyl (C=O) groups excluding carboxylic acids is 3. The number of piperidine rings is 1. The summed E-state index contributed by atoms with van der Waals surface area (Å²) in [5.41, 5.74) is 5.12. The van der Waals surface area contributed by atoms with E-state index in [-0.39, 0.29) is 30.3 Å². The van der Waals surface area contributed by atoms with Gasteiger partial charge in [0, 0.05) is 35.7 Å². The first-order chi connectivity index (χ1) is 19.2. The van der Waals surface area contributed by atoms with Crippen molar-refractivity contribution in [1.29, 1.82) is 0 Å². The minimum atomic E-state index is -2.50. The van der Waals surface area contributed by atoms with Crippen LogP contribution in [0.3, 0.4) is 0 Å². The second-order valence-electron chi connectivity index (χ2n) is 11.6. The van der Waals surface area contributed by atoms with Crippen LogP contribution in [0.5, 0.6) is 0 Å². The molecule has 40 heavy (non-hydrogen) atoms. The zero-order valence-electron chi connectivity index (χ0n) is 22.4. The summed E-state index contributed by atoms with van der Waals surface area (Å²) in [4.78, 5) is 46.8. The molecule has 3 saturated heterocycles. The molecule has 3 fully saturated rings. The van der Waals surface area contributed by atoms with Crippen LogP contribution in [-0.2, 0) is 16.1 Å². The van der Waals surface area contributed by atoms with Crippen LogP contribution in [0.25, 0.3) is 22.3 Å². The first-order valence-electron chi connectivity index (χ1n) is 14.0. The first kappa shape index (κ1) is 25.7. The Balaban J connectivity index is 1.27. The van der Waals surface area contributed by atoms with Crippen molar-refractivity contribution in [3.8, 4) is 11.3 Å². The van der Waals surface area contributed by atoms with E-state index in [1.54, 1.807) is 4.90 Å². The maximum atomic E-state index is 13.4. The summed E-state index contributed by atoms with van der Waals surface area (Å²) >= 11 is 0. The monoisotopic (exact) mass is 563 g/mol. The zero-order chi connectivity index (χ0) is 27.8. The van der Waals surface area contributed by atoms with Crippen molar-refractivity contribution < 1.29 is 23.5 Å². The number of aromatic nitrogens is 2. The molecule has 0 saturated carbocycles. The molecule has 3 amide bonds. The zero-order valence-corrected chi connectivity index (χ0v) is 23.2. The molecule has 7 rings (SSSR count). The van der Waals surface area contributed by atoms with Gasteiger partial charge in [0.1, 0.15) is 11.7 Å². The fraction of sp³-hybridized carbons (Fsp3) is 0.448. The number of pyridine rings is 1. The summed E-state index contributed by atoms with van der Waals surface area (Å²) in [6.45, 7) is 4.88. The SMILES string of the molecule is CC1c2cc(-c3cc(CN4CCCC4)c4ccn(C5CS(O)(O)C5)c4n3)ccc2C(=O)N1C1CCC(=O)NC1=O. The van der Waals surface area contributed by atoms with Crippen molar-refractivity contribution in [1.82, 2.24) is 24.7 Å². The number of benzene rings is 1. The van der Waals surface area contributed by atoms with Crippen molar-refractivity contribution in [3.63, 3.8) is 0 Å². The van der Waals surface area contributed by atoms with Crippen LogP contribution in [0.15, 0.2) is 36.5 Å². The lowest BCUT2D eigenvalue weighted by Crippen LogP contribution is -2.53. The fourth-order valence-electron chi connectivity index (χ4n) is 6.77. The lowest BCUT2D eigenvalue weighted by atomic mass is 9.98. The Morgan fingerprint density at radius 1 is 1.07 bits per heavy atom. The Morgan fingerprint density at radius 2 is 1.85 bits per heavy atom. The van der Waals surface area contributed by atoms with Crippen LogP contribution in [0.4, 0.5) is 0 Å². The van der Waals surface area contributed by atoms with E-state index in [1.807, 2.05) is 31.3 Å². The van der Waals surface area contributed by atoms with E-state index in [1.165, 1.54) is 18.4 Å². The Bertz CT molecular complexity index is 1550. The van der Waals surface area contributed by atoms with E-state index in [0.29, 0.717) is 23.5 Å². The number of nitrogens with zero attached hydrogens (tertiary/aromatic N) is 4. The predicted molar refractivity (Wildman–Crippen MR) is 152 cm³/mol. The van der Waals surface area contributed by atoms with E-state index >= 15 is 0 Å². The maximum absolute atomic E-state index is 13.4. The van der Waals surface area contributed by atoms with Crippen LogP contribution in [0.2, 0.25) is 0 Å². The van der Waals surface area contributed by atoms with Crippen LogP contribution in [0.1, 0.15) is 66.2 Å². The van der Waals surface area contributed by atoms with Gasteiger partial charge in [0.15, 0.2) is 0 Å². The van der Waals surface area contributed by atoms with Gasteiger partial charge in [-0.2, -0.15) is 10.6 Å². The van der Waals surface area contributed by atoms with Crippen LogP contribution < -0.4 is 5.32 Å². The summed E-state index contributed by atoms with van der Waals surface area (Å²) < 4.78 is 22.2. The van der Waals surface area contributed by atoms with Gasteiger partial charge in [0.25, 0.3) is 5.91 Å². The van der Waals surface area contributed by atoms with Crippen molar-refractivity contribution in [3.05, 3.63) is 53.2 Å². The third kappa shape index (κ3) is 4.23. The average Bonchev–Trinajstić information content (AvgIpc) is 3.62. The number of carbonyl (C=O) groups is 3. The fourth-order valence-corrected chi connectivity index (χ4v) is 8.22. The average molecular weight is 564 g/mol. The number of nitrogens with one attached hydrogen (secondary N) is 1. The molecule has 2 atom stereocenters. The van der Waals surface area contributed by atoms with Crippen molar-refractivity contribution in [2.24, 2.45) is 0 Å². The van der Waals surface area contributed by atoms with Crippen LogP contribution >= 0.6 is 10.6 Å². The number of fused-ring (bicyclic) bond motifs is 2. The van der Waals surface area contributed by atoms with Gasteiger partial charge in [-0.3, -0.25) is 33.7 Å². The minimum Gasteiger partial charge on any atom is -0.326 e. The van der Waals surface area contributed by atoms with Gasteiger partial charge in [-0.15, -0.1) is 0 Å². The highest BCUT2D eigenvalue weighted by Gasteiger charge is 2.43. The lowest BCUT2D eigenvalue weighted by molar-refractivity contribution is -0.137. The highest BCUT2D eigenvalue weighted by Crippen LogP contribution is 2.54. The maximum Gasteiger partial charge on any atom is 0.255 e. The Labute approximate surface area is 233 Å². The smallest absolute Gasteiger partial charge is 0.255 e. The van der Waals surface area contributed by atoms with E-state index in [0.717, 1.165) is 47.5 Å². The molecule has 4 aliphatic rings. The molecule has 0 spiro atoms. The summed E-state index contributed by atoms with van der Waals surface area (Å²) in [6, 6.07) is 8.98. The summed E-state index contributed by atoms with van der Waals surface area (Å²) in [5, 5.41) is 3.45. The summed E-state index contributed by atoms with van der Waals surface area (Å²) in [6.07, 6.45) is 4.94. The van der Waals surface area contributed by atoms with Gasteiger partial charge in [-0.1, -0.05) is 6.07 Å². The number of hydrogen-bond donors (Lipinski definition) is 3. The number of imide groups is 1. The Kier molecular flexibility index (Phi) is 6.04. The molecule has 0 radical (unpaired) electrons. The molecule has 6 heterocycles. The van der Waals surface area contributed by atoms with Crippen molar-refractivity contribution in [2.45, 2.75) is 57.3 Å². The van der Waals surface area contributed by atoms with E-state index in [9.17, 15) is 23.5 Å². The lowest BCUT2D eigenvalue weighted by Gasteiger charge is -2.47. The quantitative estimate of drug-likeness (QED) is 0.402. The Hall–Kier alpha value is -3.25. The summed E-state index contributed by atoms with van der Waals surface area (Å²) in [5.74, 6) is -0.225. The topological polar surface area (TPSA) is 128 Å². The highest BCUT2D eigenvalue weighted by molar-refractivity contribution is 8.25. The predicted octanol–water partition coefficient (Wildman–Crippen LogP) is 3.93. The largest absolute Gasteiger partial charge is 0.326 e.